The summed E-state index contributed by atoms with van der Waals surface area (Å²) in [7, 11) is 0. The average molecular weight is 335 g/mol. The molecule has 0 aliphatic carbocycles. The molecule has 22 heavy (non-hydrogen) atoms. The predicted molar refractivity (Wildman–Crippen MR) is 87.0 cm³/mol. The quantitative estimate of drug-likeness (QED) is 0.724. The van der Waals surface area contributed by atoms with Gasteiger partial charge in [0.05, 0.1) is 10.1 Å². The lowest BCUT2D eigenvalue weighted by Crippen LogP contribution is -2.13. The largest absolute Gasteiger partial charge is 0.338 e. The molecule has 0 aliphatic rings. The Balaban J connectivity index is 1.72. The maximum atomic E-state index is 5.36. The van der Waals surface area contributed by atoms with Crippen LogP contribution in [0.5, 0.6) is 0 Å². The molecule has 3 aromatic rings. The molecule has 0 amide bonds. The standard InChI is InChI=1S/C14H17N5OS2/c1-8(11-16-12(19-20-11)14(2,3)4)22-13-15-10(17-18-13)9-6-5-7-21-9/h5-8H,1-4H3,(H,15,17,18). The van der Waals surface area contributed by atoms with Gasteiger partial charge in [-0.25, -0.2) is 4.98 Å². The van der Waals surface area contributed by atoms with Gasteiger partial charge in [-0.2, -0.15) is 4.98 Å². The summed E-state index contributed by atoms with van der Waals surface area (Å²) in [6, 6.07) is 4.00. The fraction of sp³-hybridized carbons (Fsp3) is 0.429. The van der Waals surface area contributed by atoms with Crippen LogP contribution in [0.15, 0.2) is 27.2 Å². The van der Waals surface area contributed by atoms with Crippen LogP contribution in [0.3, 0.4) is 0 Å². The Hall–Kier alpha value is -1.67. The highest BCUT2D eigenvalue weighted by atomic mass is 32.2. The van der Waals surface area contributed by atoms with Crippen LogP contribution >= 0.6 is 23.1 Å². The van der Waals surface area contributed by atoms with Crippen LogP contribution in [0.2, 0.25) is 0 Å². The van der Waals surface area contributed by atoms with Gasteiger partial charge in [0.25, 0.3) is 0 Å². The number of H-pyrrole nitrogens is 1. The van der Waals surface area contributed by atoms with E-state index < -0.39 is 0 Å². The molecule has 0 bridgehead atoms. The predicted octanol–water partition coefficient (Wildman–Crippen LogP) is 4.07. The molecule has 8 heteroatoms. The van der Waals surface area contributed by atoms with E-state index >= 15 is 0 Å². The molecular weight excluding hydrogens is 318 g/mol. The van der Waals surface area contributed by atoms with Gasteiger partial charge in [0, 0.05) is 5.41 Å². The van der Waals surface area contributed by atoms with Gasteiger partial charge in [0.2, 0.25) is 11.0 Å². The van der Waals surface area contributed by atoms with Gasteiger partial charge in [-0.15, -0.1) is 16.4 Å². The van der Waals surface area contributed by atoms with Crippen molar-refractivity contribution in [3.63, 3.8) is 0 Å². The first kappa shape index (κ1) is 15.2. The summed E-state index contributed by atoms with van der Waals surface area (Å²) in [6.45, 7) is 8.18. The molecule has 3 heterocycles. The van der Waals surface area contributed by atoms with Crippen LogP contribution in [-0.4, -0.2) is 25.3 Å². The second-order valence-corrected chi connectivity index (χ2v) is 8.17. The van der Waals surface area contributed by atoms with E-state index in [4.69, 9.17) is 4.52 Å². The van der Waals surface area contributed by atoms with E-state index in [-0.39, 0.29) is 10.7 Å². The number of thiophene rings is 1. The SMILES string of the molecule is CC(Sc1n[nH]c(-c2cccs2)n1)c1nc(C(C)(C)C)no1. The van der Waals surface area contributed by atoms with Crippen LogP contribution < -0.4 is 0 Å². The number of aromatic nitrogens is 5. The molecule has 1 unspecified atom stereocenters. The zero-order valence-corrected chi connectivity index (χ0v) is 14.5. The van der Waals surface area contributed by atoms with Gasteiger partial charge in [0.1, 0.15) is 0 Å². The molecule has 3 aromatic heterocycles. The van der Waals surface area contributed by atoms with Gasteiger partial charge >= 0.3 is 0 Å². The van der Waals surface area contributed by atoms with E-state index in [2.05, 4.69) is 46.1 Å². The monoisotopic (exact) mass is 335 g/mol. The summed E-state index contributed by atoms with van der Waals surface area (Å²) in [4.78, 5) is 10.0. The van der Waals surface area contributed by atoms with Crippen molar-refractivity contribution in [2.24, 2.45) is 0 Å². The third-order valence-corrected chi connectivity index (χ3v) is 4.79. The Bertz CT molecular complexity index is 741. The third-order valence-electron chi connectivity index (χ3n) is 2.96. The molecule has 1 N–H and O–H groups in total. The molecule has 0 radical (unpaired) electrons. The maximum absolute atomic E-state index is 5.36. The summed E-state index contributed by atoms with van der Waals surface area (Å²) in [5.74, 6) is 2.09. The van der Waals surface area contributed by atoms with E-state index in [0.29, 0.717) is 16.9 Å². The number of nitrogens with zero attached hydrogens (tertiary/aromatic N) is 4. The lowest BCUT2D eigenvalue weighted by molar-refractivity contribution is 0.364. The van der Waals surface area contributed by atoms with Crippen LogP contribution in [0.1, 0.15) is 44.7 Å². The Kier molecular flexibility index (Phi) is 4.05. The zero-order chi connectivity index (χ0) is 15.7. The Morgan fingerprint density at radius 3 is 2.77 bits per heavy atom. The number of hydrogen-bond donors (Lipinski definition) is 1. The van der Waals surface area contributed by atoms with E-state index in [1.807, 2.05) is 24.4 Å². The van der Waals surface area contributed by atoms with Gasteiger partial charge in [-0.05, 0) is 18.4 Å². The summed E-state index contributed by atoms with van der Waals surface area (Å²) in [5.41, 5.74) is -0.122. The van der Waals surface area contributed by atoms with Crippen molar-refractivity contribution in [1.29, 1.82) is 0 Å². The second kappa shape index (κ2) is 5.85. The summed E-state index contributed by atoms with van der Waals surface area (Å²) in [6.07, 6.45) is 0. The van der Waals surface area contributed by atoms with Crippen LogP contribution in [0.25, 0.3) is 10.7 Å². The lowest BCUT2D eigenvalue weighted by atomic mass is 9.96. The Morgan fingerprint density at radius 2 is 2.14 bits per heavy atom. The van der Waals surface area contributed by atoms with Crippen molar-refractivity contribution < 1.29 is 4.52 Å². The average Bonchev–Trinajstić information content (AvgIpc) is 3.19. The molecule has 6 nitrogen and oxygen atoms in total. The normalized spacial score (nSPS) is 13.5. The molecule has 3 rings (SSSR count). The summed E-state index contributed by atoms with van der Waals surface area (Å²) in [5, 5.41) is 13.9. The molecule has 0 spiro atoms. The van der Waals surface area contributed by atoms with Crippen molar-refractivity contribution in [2.45, 2.75) is 43.5 Å². The van der Waals surface area contributed by atoms with E-state index in [9.17, 15) is 0 Å². The number of nitrogens with one attached hydrogen (secondary N) is 1. The molecule has 0 aromatic carbocycles. The van der Waals surface area contributed by atoms with Crippen molar-refractivity contribution in [2.75, 3.05) is 0 Å². The molecule has 0 fully saturated rings. The first-order valence-corrected chi connectivity index (χ1v) is 8.66. The van der Waals surface area contributed by atoms with Crippen molar-refractivity contribution >= 4 is 23.1 Å². The fourth-order valence-corrected chi connectivity index (χ4v) is 3.16. The van der Waals surface area contributed by atoms with E-state index in [0.717, 1.165) is 10.7 Å². The smallest absolute Gasteiger partial charge is 0.239 e. The van der Waals surface area contributed by atoms with Gasteiger partial charge in [-0.3, -0.25) is 5.10 Å². The number of hydrogen-bond acceptors (Lipinski definition) is 7. The van der Waals surface area contributed by atoms with E-state index in [1.54, 1.807) is 11.3 Å². The number of aromatic amines is 1. The fourth-order valence-electron chi connectivity index (χ4n) is 1.74. The molecule has 0 saturated heterocycles. The minimum Gasteiger partial charge on any atom is -0.338 e. The first-order chi connectivity index (χ1) is 10.4. The highest BCUT2D eigenvalue weighted by molar-refractivity contribution is 7.99. The highest BCUT2D eigenvalue weighted by Crippen LogP contribution is 2.34. The second-order valence-electron chi connectivity index (χ2n) is 5.91. The van der Waals surface area contributed by atoms with Gasteiger partial charge in [0.15, 0.2) is 11.6 Å². The lowest BCUT2D eigenvalue weighted by Gasteiger charge is -2.11. The molecular formula is C14H17N5OS2. The van der Waals surface area contributed by atoms with Crippen molar-refractivity contribution in [3.8, 4) is 10.7 Å². The summed E-state index contributed by atoms with van der Waals surface area (Å²) >= 11 is 3.12. The first-order valence-electron chi connectivity index (χ1n) is 6.90. The molecule has 0 aliphatic heterocycles. The molecule has 116 valence electrons. The number of rotatable bonds is 4. The summed E-state index contributed by atoms with van der Waals surface area (Å²) < 4.78 is 5.36. The Labute approximate surface area is 136 Å². The topological polar surface area (TPSA) is 80.5 Å². The van der Waals surface area contributed by atoms with Crippen molar-refractivity contribution in [1.82, 2.24) is 25.3 Å². The van der Waals surface area contributed by atoms with Gasteiger partial charge in [-0.1, -0.05) is 43.8 Å². The van der Waals surface area contributed by atoms with E-state index in [1.165, 1.54) is 11.8 Å². The highest BCUT2D eigenvalue weighted by Gasteiger charge is 2.24. The van der Waals surface area contributed by atoms with Crippen LogP contribution in [0.4, 0.5) is 0 Å². The molecule has 1 atom stereocenters. The number of thioether (sulfide) groups is 1. The van der Waals surface area contributed by atoms with Crippen molar-refractivity contribution in [3.05, 3.63) is 29.2 Å². The van der Waals surface area contributed by atoms with Crippen LogP contribution in [-0.2, 0) is 5.41 Å². The minimum absolute atomic E-state index is 0.00409. The zero-order valence-electron chi connectivity index (χ0n) is 12.8. The molecule has 0 saturated carbocycles. The maximum Gasteiger partial charge on any atom is 0.239 e. The van der Waals surface area contributed by atoms with Crippen LogP contribution in [0, 0.1) is 0 Å². The Morgan fingerprint density at radius 1 is 1.32 bits per heavy atom. The minimum atomic E-state index is -0.122. The van der Waals surface area contributed by atoms with Gasteiger partial charge < -0.3 is 4.52 Å². The third kappa shape index (κ3) is 3.22.